The van der Waals surface area contributed by atoms with Gasteiger partial charge in [-0.2, -0.15) is 0 Å². The van der Waals surface area contributed by atoms with E-state index in [0.29, 0.717) is 27.0 Å². The van der Waals surface area contributed by atoms with Crippen LogP contribution in [0.4, 0.5) is 5.82 Å². The number of allylic oxidation sites excluding steroid dienone is 1. The van der Waals surface area contributed by atoms with Gasteiger partial charge in [0.05, 0.1) is 5.02 Å². The molecule has 0 aliphatic rings. The number of nitrogens with zero attached hydrogens (tertiary/aromatic N) is 4. The van der Waals surface area contributed by atoms with Crippen molar-refractivity contribution in [1.82, 2.24) is 19.5 Å². The first-order valence-corrected chi connectivity index (χ1v) is 8.88. The van der Waals surface area contributed by atoms with Crippen molar-refractivity contribution in [3.8, 4) is 0 Å². The Morgan fingerprint density at radius 2 is 2.12 bits per heavy atom. The van der Waals surface area contributed by atoms with Crippen LogP contribution in [0.25, 0.3) is 11.2 Å². The highest BCUT2D eigenvalue weighted by Gasteiger charge is 2.16. The van der Waals surface area contributed by atoms with Crippen molar-refractivity contribution in [2.75, 3.05) is 5.73 Å². The van der Waals surface area contributed by atoms with Crippen molar-refractivity contribution >= 4 is 51.9 Å². The third-order valence-corrected chi connectivity index (χ3v) is 5.14. The highest BCUT2D eigenvalue weighted by Crippen LogP contribution is 2.36. The monoisotopic (exact) mass is 379 g/mol. The predicted octanol–water partition coefficient (Wildman–Crippen LogP) is 4.83. The lowest BCUT2D eigenvalue weighted by molar-refractivity contribution is 0.612. The summed E-state index contributed by atoms with van der Waals surface area (Å²) in [7, 11) is 0. The van der Waals surface area contributed by atoms with Gasteiger partial charge in [0.15, 0.2) is 22.1 Å². The lowest BCUT2D eigenvalue weighted by Gasteiger charge is -2.08. The molecule has 0 unspecified atom stereocenters. The first-order chi connectivity index (χ1) is 11.6. The van der Waals surface area contributed by atoms with Gasteiger partial charge < -0.3 is 10.3 Å². The Labute approximate surface area is 153 Å². The number of benzene rings is 1. The average Bonchev–Trinajstić information content (AvgIpc) is 2.91. The summed E-state index contributed by atoms with van der Waals surface area (Å²) in [5.41, 5.74) is 7.25. The highest BCUT2D eigenvalue weighted by molar-refractivity contribution is 7.99. The molecule has 0 spiro atoms. The van der Waals surface area contributed by atoms with Crippen LogP contribution in [0.3, 0.4) is 0 Å². The second kappa shape index (κ2) is 7.42. The first kappa shape index (κ1) is 17.1. The number of aryl methyl sites for hydroxylation is 1. The van der Waals surface area contributed by atoms with Crippen molar-refractivity contribution in [3.63, 3.8) is 0 Å². The van der Waals surface area contributed by atoms with Crippen LogP contribution in [0.15, 0.2) is 47.2 Å². The van der Waals surface area contributed by atoms with Gasteiger partial charge in [-0.3, -0.25) is 0 Å². The molecule has 0 aliphatic carbocycles. The molecule has 1 aromatic carbocycles. The minimum Gasteiger partial charge on any atom is -0.382 e. The van der Waals surface area contributed by atoms with Crippen molar-refractivity contribution in [2.24, 2.45) is 0 Å². The van der Waals surface area contributed by atoms with Crippen LogP contribution < -0.4 is 5.73 Å². The van der Waals surface area contributed by atoms with Crippen LogP contribution in [0.2, 0.25) is 10.0 Å². The Morgan fingerprint density at radius 3 is 2.92 bits per heavy atom. The summed E-state index contributed by atoms with van der Waals surface area (Å²) < 4.78 is 2.03. The number of unbranched alkanes of at least 4 members (excludes halogenated alkanes) is 1. The van der Waals surface area contributed by atoms with Crippen molar-refractivity contribution < 1.29 is 0 Å². The number of fused-ring (bicyclic) bond motifs is 1. The van der Waals surface area contributed by atoms with Crippen LogP contribution in [-0.2, 0) is 6.54 Å². The van der Waals surface area contributed by atoms with Crippen LogP contribution in [0.5, 0.6) is 0 Å². The third kappa shape index (κ3) is 3.50. The fourth-order valence-electron chi connectivity index (χ4n) is 2.26. The molecule has 0 fully saturated rings. The van der Waals surface area contributed by atoms with Gasteiger partial charge in [0.25, 0.3) is 0 Å². The highest BCUT2D eigenvalue weighted by atomic mass is 35.5. The second-order valence-corrected chi connectivity index (χ2v) is 6.94. The summed E-state index contributed by atoms with van der Waals surface area (Å²) in [5.74, 6) is 0.363. The second-order valence-electron chi connectivity index (χ2n) is 5.08. The maximum Gasteiger partial charge on any atom is 0.175 e. The molecule has 0 aliphatic heterocycles. The molecule has 3 rings (SSSR count). The summed E-state index contributed by atoms with van der Waals surface area (Å²) in [5, 5.41) is 1.99. The zero-order chi connectivity index (χ0) is 17.1. The fourth-order valence-corrected chi connectivity index (χ4v) is 3.70. The van der Waals surface area contributed by atoms with E-state index in [0.717, 1.165) is 29.4 Å². The van der Waals surface area contributed by atoms with E-state index in [2.05, 4.69) is 21.5 Å². The van der Waals surface area contributed by atoms with Crippen LogP contribution >= 0.6 is 35.0 Å². The van der Waals surface area contributed by atoms with E-state index in [1.807, 2.05) is 16.7 Å². The van der Waals surface area contributed by atoms with Crippen molar-refractivity contribution in [1.29, 1.82) is 0 Å². The molecule has 8 heteroatoms. The Morgan fingerprint density at radius 1 is 1.29 bits per heavy atom. The van der Waals surface area contributed by atoms with E-state index in [9.17, 15) is 0 Å². The molecule has 3 aromatic rings. The standard InChI is InChI=1S/C16H15Cl2N5S/c1-2-3-4-7-23-15-13(14(19)20-9-21-15)22-16(23)24-12-8-10(17)5-6-11(12)18/h2,5-6,8-9H,1,3-4,7H2,(H2,19,20,21). The topological polar surface area (TPSA) is 69.6 Å². The summed E-state index contributed by atoms with van der Waals surface area (Å²) in [6.07, 6.45) is 5.17. The van der Waals surface area contributed by atoms with Gasteiger partial charge in [-0.25, -0.2) is 15.0 Å². The van der Waals surface area contributed by atoms with Gasteiger partial charge in [-0.1, -0.05) is 29.3 Å². The van der Waals surface area contributed by atoms with E-state index < -0.39 is 0 Å². The summed E-state index contributed by atoms with van der Waals surface area (Å²) in [6.45, 7) is 4.51. The molecule has 24 heavy (non-hydrogen) atoms. The number of halogens is 2. The molecule has 0 amide bonds. The van der Waals surface area contributed by atoms with Gasteiger partial charge in [0.1, 0.15) is 6.33 Å². The SMILES string of the molecule is C=CCCCn1c(Sc2cc(Cl)ccc2Cl)nc2c(N)ncnc21. The normalized spacial score (nSPS) is 11.1. The maximum atomic E-state index is 6.27. The minimum atomic E-state index is 0.363. The molecule has 2 aromatic heterocycles. The van der Waals surface area contributed by atoms with Gasteiger partial charge in [-0.05, 0) is 42.8 Å². The Hall–Kier alpha value is -1.76. The number of anilines is 1. The zero-order valence-electron chi connectivity index (χ0n) is 12.7. The number of hydrogen-bond acceptors (Lipinski definition) is 5. The molecule has 0 saturated carbocycles. The minimum absolute atomic E-state index is 0.363. The van der Waals surface area contributed by atoms with Crippen LogP contribution in [-0.4, -0.2) is 19.5 Å². The van der Waals surface area contributed by atoms with E-state index in [4.69, 9.17) is 28.9 Å². The van der Waals surface area contributed by atoms with E-state index in [1.165, 1.54) is 18.1 Å². The van der Waals surface area contributed by atoms with Crippen molar-refractivity contribution in [3.05, 3.63) is 47.2 Å². The molecular weight excluding hydrogens is 365 g/mol. The maximum absolute atomic E-state index is 6.27. The Kier molecular flexibility index (Phi) is 5.28. The largest absolute Gasteiger partial charge is 0.382 e. The molecule has 2 heterocycles. The zero-order valence-corrected chi connectivity index (χ0v) is 15.1. The summed E-state index contributed by atoms with van der Waals surface area (Å²) >= 11 is 13.8. The molecule has 0 atom stereocenters. The van der Waals surface area contributed by atoms with Crippen molar-refractivity contribution in [2.45, 2.75) is 29.4 Å². The lowest BCUT2D eigenvalue weighted by atomic mass is 10.3. The van der Waals surface area contributed by atoms with Gasteiger partial charge >= 0.3 is 0 Å². The molecule has 2 N–H and O–H groups in total. The molecule has 0 radical (unpaired) electrons. The van der Waals surface area contributed by atoms with E-state index in [-0.39, 0.29) is 0 Å². The molecule has 5 nitrogen and oxygen atoms in total. The summed E-state index contributed by atoms with van der Waals surface area (Å²) in [4.78, 5) is 13.8. The fraction of sp³-hybridized carbons (Fsp3) is 0.188. The number of nitrogens with two attached hydrogens (primary N) is 1. The number of aromatic nitrogens is 4. The Balaban J connectivity index is 2.05. The third-order valence-electron chi connectivity index (χ3n) is 3.41. The van der Waals surface area contributed by atoms with Crippen LogP contribution in [0.1, 0.15) is 12.8 Å². The van der Waals surface area contributed by atoms with E-state index >= 15 is 0 Å². The molecule has 124 valence electrons. The number of nitrogen functional groups attached to an aromatic ring is 1. The van der Waals surface area contributed by atoms with Gasteiger partial charge in [0, 0.05) is 16.5 Å². The average molecular weight is 380 g/mol. The van der Waals surface area contributed by atoms with E-state index in [1.54, 1.807) is 12.1 Å². The van der Waals surface area contributed by atoms with Gasteiger partial charge in [0.2, 0.25) is 0 Å². The quantitative estimate of drug-likeness (QED) is 0.490. The number of hydrogen-bond donors (Lipinski definition) is 1. The number of imidazole rings is 1. The summed E-state index contributed by atoms with van der Waals surface area (Å²) in [6, 6.07) is 5.34. The van der Waals surface area contributed by atoms with Gasteiger partial charge in [-0.15, -0.1) is 6.58 Å². The number of rotatable bonds is 6. The molecule has 0 saturated heterocycles. The Bertz CT molecular complexity index is 894. The van der Waals surface area contributed by atoms with Crippen LogP contribution in [0, 0.1) is 0 Å². The predicted molar refractivity (Wildman–Crippen MR) is 99.8 cm³/mol. The smallest absolute Gasteiger partial charge is 0.175 e. The first-order valence-electron chi connectivity index (χ1n) is 7.30. The molecule has 0 bridgehead atoms. The molecular formula is C16H15Cl2N5S. The lowest BCUT2D eigenvalue weighted by Crippen LogP contribution is -2.01.